The van der Waals surface area contributed by atoms with Crippen LogP contribution in [0, 0.1) is 0 Å². The minimum absolute atomic E-state index is 0.0530. The van der Waals surface area contributed by atoms with Crippen LogP contribution in [0.5, 0.6) is 0 Å². The van der Waals surface area contributed by atoms with Crippen molar-refractivity contribution in [2.24, 2.45) is 0 Å². The Kier molecular flexibility index (Phi) is 6.65. The predicted molar refractivity (Wildman–Crippen MR) is 97.6 cm³/mol. The molecule has 1 heterocycles. The van der Waals surface area contributed by atoms with Gasteiger partial charge in [0.05, 0.1) is 15.5 Å². The van der Waals surface area contributed by atoms with Crippen molar-refractivity contribution in [2.45, 2.75) is 50.1 Å². The Hall–Kier alpha value is -1.64. The maximum absolute atomic E-state index is 12.4. The number of sulfonamides is 1. The fourth-order valence-electron chi connectivity index (χ4n) is 3.14. The zero-order chi connectivity index (χ0) is 19.5. The van der Waals surface area contributed by atoms with Gasteiger partial charge < -0.3 is 9.64 Å². The van der Waals surface area contributed by atoms with Gasteiger partial charge in [-0.25, -0.2) is 17.9 Å². The standard InChI is InChI=1S/C17H23ClN2O5S/c1-11-5-4-6-12(2)20(11)16(21)10-25-17(22)14-9-13(7-8-15(14)18)26(23,24)19-3/h7-9,11-12,19H,4-6,10H2,1-3H3/t11-,12-/m0/s1. The van der Waals surface area contributed by atoms with E-state index in [0.29, 0.717) is 0 Å². The predicted octanol–water partition coefficient (Wildman–Crippen LogP) is 2.19. The van der Waals surface area contributed by atoms with E-state index in [1.54, 1.807) is 4.90 Å². The quantitative estimate of drug-likeness (QED) is 0.762. The fourth-order valence-corrected chi connectivity index (χ4v) is 4.09. The van der Waals surface area contributed by atoms with Gasteiger partial charge in [-0.15, -0.1) is 0 Å². The van der Waals surface area contributed by atoms with Gasteiger partial charge in [-0.2, -0.15) is 0 Å². The summed E-state index contributed by atoms with van der Waals surface area (Å²) < 4.78 is 31.0. The van der Waals surface area contributed by atoms with Gasteiger partial charge in [0.2, 0.25) is 10.0 Å². The number of nitrogens with zero attached hydrogens (tertiary/aromatic N) is 1. The van der Waals surface area contributed by atoms with Crippen molar-refractivity contribution in [3.63, 3.8) is 0 Å². The molecule has 1 aliphatic heterocycles. The molecule has 1 saturated heterocycles. The van der Waals surface area contributed by atoms with Crippen molar-refractivity contribution in [3.05, 3.63) is 28.8 Å². The molecule has 9 heteroatoms. The van der Waals surface area contributed by atoms with E-state index in [-0.39, 0.29) is 33.5 Å². The highest BCUT2D eigenvalue weighted by atomic mass is 35.5. The number of likely N-dealkylation sites (tertiary alicyclic amines) is 1. The zero-order valence-corrected chi connectivity index (χ0v) is 16.6. The molecule has 0 spiro atoms. The van der Waals surface area contributed by atoms with Crippen LogP contribution in [0.3, 0.4) is 0 Å². The first-order valence-corrected chi connectivity index (χ1v) is 10.2. The highest BCUT2D eigenvalue weighted by Gasteiger charge is 2.29. The van der Waals surface area contributed by atoms with Crippen molar-refractivity contribution >= 4 is 33.5 Å². The van der Waals surface area contributed by atoms with E-state index < -0.39 is 22.6 Å². The molecule has 1 N–H and O–H groups in total. The molecular formula is C17H23ClN2O5S. The summed E-state index contributed by atoms with van der Waals surface area (Å²) in [6.07, 6.45) is 2.90. The number of ether oxygens (including phenoxy) is 1. The third-order valence-electron chi connectivity index (χ3n) is 4.55. The zero-order valence-electron chi connectivity index (χ0n) is 15.0. The van der Waals surface area contributed by atoms with E-state index in [1.165, 1.54) is 19.2 Å². The largest absolute Gasteiger partial charge is 0.452 e. The second kappa shape index (κ2) is 8.37. The van der Waals surface area contributed by atoms with E-state index in [2.05, 4.69) is 4.72 Å². The van der Waals surface area contributed by atoms with Crippen LogP contribution in [0.2, 0.25) is 5.02 Å². The Morgan fingerprint density at radius 3 is 2.46 bits per heavy atom. The van der Waals surface area contributed by atoms with Gasteiger partial charge in [-0.1, -0.05) is 11.6 Å². The summed E-state index contributed by atoms with van der Waals surface area (Å²) in [6, 6.07) is 3.91. The molecule has 1 aliphatic rings. The second-order valence-electron chi connectivity index (χ2n) is 6.36. The number of piperidine rings is 1. The summed E-state index contributed by atoms with van der Waals surface area (Å²) in [5.74, 6) is -1.11. The lowest BCUT2D eigenvalue weighted by atomic mass is 9.97. The number of esters is 1. The van der Waals surface area contributed by atoms with Crippen LogP contribution in [0.25, 0.3) is 0 Å². The van der Waals surface area contributed by atoms with Gasteiger partial charge in [0.15, 0.2) is 6.61 Å². The maximum Gasteiger partial charge on any atom is 0.340 e. The molecule has 7 nitrogen and oxygen atoms in total. The Bertz CT molecular complexity index is 786. The number of carbonyl (C=O) groups is 2. The minimum atomic E-state index is -3.73. The molecule has 2 atom stereocenters. The summed E-state index contributed by atoms with van der Waals surface area (Å²) in [4.78, 5) is 26.3. The van der Waals surface area contributed by atoms with Crippen LogP contribution < -0.4 is 4.72 Å². The molecule has 1 fully saturated rings. The van der Waals surface area contributed by atoms with Crippen molar-refractivity contribution in [1.82, 2.24) is 9.62 Å². The van der Waals surface area contributed by atoms with E-state index in [1.807, 2.05) is 13.8 Å². The van der Waals surface area contributed by atoms with Crippen LogP contribution >= 0.6 is 11.6 Å². The summed E-state index contributed by atoms with van der Waals surface area (Å²) in [7, 11) is -2.46. The summed E-state index contributed by atoms with van der Waals surface area (Å²) in [5.41, 5.74) is -0.101. The van der Waals surface area contributed by atoms with E-state index in [4.69, 9.17) is 16.3 Å². The van der Waals surface area contributed by atoms with Crippen molar-refractivity contribution in [2.75, 3.05) is 13.7 Å². The van der Waals surface area contributed by atoms with Crippen LogP contribution in [0.4, 0.5) is 0 Å². The number of carbonyl (C=O) groups excluding carboxylic acids is 2. The van der Waals surface area contributed by atoms with Crippen molar-refractivity contribution in [3.8, 4) is 0 Å². The molecule has 1 amide bonds. The Balaban J connectivity index is 2.10. The Labute approximate surface area is 158 Å². The normalized spacial score (nSPS) is 20.7. The fraction of sp³-hybridized carbons (Fsp3) is 0.529. The second-order valence-corrected chi connectivity index (χ2v) is 8.65. The van der Waals surface area contributed by atoms with Gasteiger partial charge in [-0.3, -0.25) is 4.79 Å². The smallest absolute Gasteiger partial charge is 0.340 e. The first-order chi connectivity index (χ1) is 12.2. The SMILES string of the molecule is CNS(=O)(=O)c1ccc(Cl)c(C(=O)OCC(=O)N2[C@@H](C)CCC[C@@H]2C)c1. The first kappa shape index (κ1) is 20.7. The highest BCUT2D eigenvalue weighted by Crippen LogP contribution is 2.24. The van der Waals surface area contributed by atoms with Crippen LogP contribution in [-0.4, -0.2) is 50.9 Å². The summed E-state index contributed by atoms with van der Waals surface area (Å²) >= 11 is 5.98. The minimum Gasteiger partial charge on any atom is -0.452 e. The van der Waals surface area contributed by atoms with Crippen LogP contribution in [0.1, 0.15) is 43.5 Å². The number of benzene rings is 1. The van der Waals surface area contributed by atoms with Crippen LogP contribution in [0.15, 0.2) is 23.1 Å². The average Bonchev–Trinajstić information content (AvgIpc) is 2.59. The molecule has 0 aliphatic carbocycles. The number of amides is 1. The molecule has 0 unspecified atom stereocenters. The lowest BCUT2D eigenvalue weighted by Crippen LogP contribution is -2.49. The van der Waals surface area contributed by atoms with E-state index in [0.717, 1.165) is 25.3 Å². The molecule has 1 aromatic rings. The molecule has 0 saturated carbocycles. The number of nitrogens with one attached hydrogen (secondary N) is 1. The Morgan fingerprint density at radius 2 is 1.88 bits per heavy atom. The number of hydrogen-bond donors (Lipinski definition) is 1. The monoisotopic (exact) mass is 402 g/mol. The van der Waals surface area contributed by atoms with Gasteiger partial charge in [0.1, 0.15) is 0 Å². The van der Waals surface area contributed by atoms with Crippen LogP contribution in [-0.2, 0) is 19.6 Å². The number of hydrogen-bond acceptors (Lipinski definition) is 5. The third-order valence-corrected chi connectivity index (χ3v) is 6.29. The molecule has 1 aromatic carbocycles. The maximum atomic E-state index is 12.4. The molecule has 26 heavy (non-hydrogen) atoms. The first-order valence-electron chi connectivity index (χ1n) is 8.38. The molecular weight excluding hydrogens is 380 g/mol. The molecule has 2 rings (SSSR count). The topological polar surface area (TPSA) is 92.8 Å². The number of halogens is 1. The lowest BCUT2D eigenvalue weighted by molar-refractivity contribution is -0.140. The molecule has 0 aromatic heterocycles. The molecule has 144 valence electrons. The van der Waals surface area contributed by atoms with Gasteiger partial charge in [-0.05, 0) is 58.4 Å². The average molecular weight is 403 g/mol. The van der Waals surface area contributed by atoms with Gasteiger partial charge >= 0.3 is 5.97 Å². The van der Waals surface area contributed by atoms with Crippen molar-refractivity contribution < 1.29 is 22.7 Å². The molecule has 0 bridgehead atoms. The Morgan fingerprint density at radius 1 is 1.27 bits per heavy atom. The lowest BCUT2D eigenvalue weighted by Gasteiger charge is -2.38. The van der Waals surface area contributed by atoms with Gasteiger partial charge in [0, 0.05) is 12.1 Å². The van der Waals surface area contributed by atoms with Gasteiger partial charge in [0.25, 0.3) is 5.91 Å². The third kappa shape index (κ3) is 4.55. The number of rotatable bonds is 5. The highest BCUT2D eigenvalue weighted by molar-refractivity contribution is 7.89. The molecule has 0 radical (unpaired) electrons. The summed E-state index contributed by atoms with van der Waals surface area (Å²) in [6.45, 7) is 3.53. The summed E-state index contributed by atoms with van der Waals surface area (Å²) in [5, 5.41) is 0.0530. The van der Waals surface area contributed by atoms with E-state index >= 15 is 0 Å². The van der Waals surface area contributed by atoms with E-state index in [9.17, 15) is 18.0 Å². The van der Waals surface area contributed by atoms with Crippen molar-refractivity contribution in [1.29, 1.82) is 0 Å².